The predicted octanol–water partition coefficient (Wildman–Crippen LogP) is 5.93. The molecule has 0 unspecified atom stereocenters. The second kappa shape index (κ2) is 12.6. The average Bonchev–Trinajstić information content (AvgIpc) is 3.62. The number of hydrogen-bond donors (Lipinski definition) is 2. The lowest BCUT2D eigenvalue weighted by molar-refractivity contribution is -0.137. The van der Waals surface area contributed by atoms with E-state index in [0.717, 1.165) is 79.4 Å². The highest BCUT2D eigenvalue weighted by atomic mass is 16.5. The molecule has 0 atom stereocenters. The number of aromatic nitrogens is 2. The standard InChI is InChI=1S/C35H46N6O3/c1-24-11-13-26(14-12-24)41-32(21-31(38-41)35(2,3)4)37-34(43)36-29-15-16-30(28-10-6-9-27(28)29)44-20-19-39-17-18-40(33(42)23-39)22-25-7-5-8-25/h11-16,21,25H,5-10,17-20,22-23H2,1-4H3,(H2,36,37,43). The van der Waals surface area contributed by atoms with E-state index in [2.05, 4.69) is 48.1 Å². The Kier molecular flexibility index (Phi) is 8.67. The number of nitrogens with one attached hydrogen (secondary N) is 2. The monoisotopic (exact) mass is 598 g/mol. The van der Waals surface area contributed by atoms with Gasteiger partial charge in [0.15, 0.2) is 0 Å². The number of carbonyl (C=O) groups is 2. The Balaban J connectivity index is 1.07. The quantitative estimate of drug-likeness (QED) is 0.318. The van der Waals surface area contributed by atoms with Crippen LogP contribution in [0.15, 0.2) is 42.5 Å². The van der Waals surface area contributed by atoms with Crippen LogP contribution in [0, 0.1) is 12.8 Å². The first-order valence-corrected chi connectivity index (χ1v) is 16.2. The van der Waals surface area contributed by atoms with Gasteiger partial charge < -0.3 is 15.0 Å². The van der Waals surface area contributed by atoms with Gasteiger partial charge in [-0.15, -0.1) is 0 Å². The number of aryl methyl sites for hydroxylation is 1. The van der Waals surface area contributed by atoms with Crippen molar-refractivity contribution in [2.45, 2.75) is 71.6 Å². The Labute approximate surface area is 260 Å². The topological polar surface area (TPSA) is 91.7 Å². The lowest BCUT2D eigenvalue weighted by Gasteiger charge is -2.38. The van der Waals surface area contributed by atoms with Crippen LogP contribution in [-0.4, -0.2) is 70.8 Å². The molecule has 1 saturated carbocycles. The molecule has 1 aromatic heterocycles. The molecular weight excluding hydrogens is 552 g/mol. The lowest BCUT2D eigenvalue weighted by Crippen LogP contribution is -2.52. The second-order valence-corrected chi connectivity index (χ2v) is 13.7. The van der Waals surface area contributed by atoms with Gasteiger partial charge in [-0.1, -0.05) is 44.9 Å². The maximum absolute atomic E-state index is 13.3. The smallest absolute Gasteiger partial charge is 0.324 e. The average molecular weight is 599 g/mol. The highest BCUT2D eigenvalue weighted by Gasteiger charge is 2.28. The molecule has 44 heavy (non-hydrogen) atoms. The maximum Gasteiger partial charge on any atom is 0.324 e. The molecule has 2 heterocycles. The first-order valence-electron chi connectivity index (χ1n) is 16.2. The van der Waals surface area contributed by atoms with Gasteiger partial charge >= 0.3 is 6.03 Å². The van der Waals surface area contributed by atoms with Crippen LogP contribution in [0.2, 0.25) is 0 Å². The van der Waals surface area contributed by atoms with Gasteiger partial charge in [0.1, 0.15) is 18.2 Å². The molecule has 3 aromatic rings. The molecule has 9 nitrogen and oxygen atoms in total. The number of piperazine rings is 1. The number of ether oxygens (including phenoxy) is 1. The molecule has 0 spiro atoms. The molecule has 1 saturated heterocycles. The van der Waals surface area contributed by atoms with Crippen molar-refractivity contribution in [1.82, 2.24) is 19.6 Å². The summed E-state index contributed by atoms with van der Waals surface area (Å²) in [5.41, 5.74) is 5.91. The van der Waals surface area contributed by atoms with E-state index in [1.807, 2.05) is 42.5 Å². The van der Waals surface area contributed by atoms with Crippen LogP contribution in [0.25, 0.3) is 5.69 Å². The van der Waals surface area contributed by atoms with E-state index in [1.54, 1.807) is 4.68 Å². The van der Waals surface area contributed by atoms with Gasteiger partial charge in [0.05, 0.1) is 17.9 Å². The van der Waals surface area contributed by atoms with Crippen molar-refractivity contribution in [3.05, 3.63) is 64.8 Å². The number of rotatable bonds is 9. The highest BCUT2D eigenvalue weighted by Crippen LogP contribution is 2.36. The number of benzene rings is 2. The van der Waals surface area contributed by atoms with E-state index in [9.17, 15) is 9.59 Å². The van der Waals surface area contributed by atoms with E-state index in [1.165, 1.54) is 24.8 Å². The Morgan fingerprint density at radius 1 is 1.00 bits per heavy atom. The van der Waals surface area contributed by atoms with Crippen molar-refractivity contribution in [3.8, 4) is 11.4 Å². The van der Waals surface area contributed by atoms with Crippen LogP contribution in [0.1, 0.15) is 68.8 Å². The summed E-state index contributed by atoms with van der Waals surface area (Å²) < 4.78 is 8.06. The zero-order valence-corrected chi connectivity index (χ0v) is 26.6. The number of carbonyl (C=O) groups excluding carboxylic acids is 2. The number of anilines is 2. The molecule has 3 amide bonds. The van der Waals surface area contributed by atoms with Gasteiger partial charge in [0.2, 0.25) is 5.91 Å². The van der Waals surface area contributed by atoms with Gasteiger partial charge in [-0.3, -0.25) is 15.0 Å². The molecule has 2 aromatic carbocycles. The molecule has 3 aliphatic rings. The van der Waals surface area contributed by atoms with Gasteiger partial charge in [-0.2, -0.15) is 5.10 Å². The molecule has 9 heteroatoms. The van der Waals surface area contributed by atoms with Crippen molar-refractivity contribution >= 4 is 23.4 Å². The minimum Gasteiger partial charge on any atom is -0.492 e. The van der Waals surface area contributed by atoms with Crippen molar-refractivity contribution in [2.75, 3.05) is 50.0 Å². The largest absolute Gasteiger partial charge is 0.492 e. The molecular formula is C35H46N6O3. The highest BCUT2D eigenvalue weighted by molar-refractivity contribution is 6.00. The zero-order valence-electron chi connectivity index (χ0n) is 26.6. The fourth-order valence-corrected chi connectivity index (χ4v) is 6.33. The SMILES string of the molecule is Cc1ccc(-n2nc(C(C)(C)C)cc2NC(=O)Nc2ccc(OCCN3CCN(CC4CCC4)C(=O)C3)c3c2CCC3)cc1. The Hall–Kier alpha value is -3.85. The van der Waals surface area contributed by atoms with Gasteiger partial charge in [0.25, 0.3) is 0 Å². The molecule has 0 bridgehead atoms. The van der Waals surface area contributed by atoms with E-state index in [-0.39, 0.29) is 17.4 Å². The molecule has 234 valence electrons. The number of nitrogens with zero attached hydrogens (tertiary/aromatic N) is 4. The molecule has 6 rings (SSSR count). The van der Waals surface area contributed by atoms with E-state index in [0.29, 0.717) is 24.9 Å². The minimum absolute atomic E-state index is 0.168. The predicted molar refractivity (Wildman–Crippen MR) is 174 cm³/mol. The number of fused-ring (bicyclic) bond motifs is 1. The fourth-order valence-electron chi connectivity index (χ4n) is 6.33. The van der Waals surface area contributed by atoms with Gasteiger partial charge in [-0.25, -0.2) is 9.48 Å². The molecule has 1 aliphatic heterocycles. The van der Waals surface area contributed by atoms with Crippen molar-refractivity contribution in [1.29, 1.82) is 0 Å². The normalized spacial score (nSPS) is 17.4. The Bertz CT molecular complexity index is 1500. The summed E-state index contributed by atoms with van der Waals surface area (Å²) in [5, 5.41) is 11.0. The van der Waals surface area contributed by atoms with Crippen LogP contribution in [0.3, 0.4) is 0 Å². The van der Waals surface area contributed by atoms with E-state index in [4.69, 9.17) is 9.84 Å². The summed E-state index contributed by atoms with van der Waals surface area (Å²) in [6.07, 6.45) is 6.69. The van der Waals surface area contributed by atoms with E-state index >= 15 is 0 Å². The van der Waals surface area contributed by atoms with Gasteiger partial charge in [0, 0.05) is 43.3 Å². The van der Waals surface area contributed by atoms with Gasteiger partial charge in [-0.05, 0) is 80.3 Å². The summed E-state index contributed by atoms with van der Waals surface area (Å²) in [6.45, 7) is 12.8. The molecule has 0 radical (unpaired) electrons. The van der Waals surface area contributed by atoms with Crippen LogP contribution < -0.4 is 15.4 Å². The molecule has 2 fully saturated rings. The van der Waals surface area contributed by atoms with Crippen molar-refractivity contribution in [2.24, 2.45) is 5.92 Å². The van der Waals surface area contributed by atoms with E-state index < -0.39 is 0 Å². The third-order valence-electron chi connectivity index (χ3n) is 9.25. The zero-order chi connectivity index (χ0) is 30.8. The summed E-state index contributed by atoms with van der Waals surface area (Å²) in [5.74, 6) is 2.46. The Morgan fingerprint density at radius 3 is 2.48 bits per heavy atom. The summed E-state index contributed by atoms with van der Waals surface area (Å²) in [7, 11) is 0. The first-order chi connectivity index (χ1) is 21.1. The molecule has 2 N–H and O–H groups in total. The molecule has 2 aliphatic carbocycles. The maximum atomic E-state index is 13.3. The third kappa shape index (κ3) is 6.78. The third-order valence-corrected chi connectivity index (χ3v) is 9.25. The minimum atomic E-state index is -0.303. The summed E-state index contributed by atoms with van der Waals surface area (Å²) >= 11 is 0. The Morgan fingerprint density at radius 2 is 1.77 bits per heavy atom. The summed E-state index contributed by atoms with van der Waals surface area (Å²) in [6, 6.07) is 13.7. The number of amides is 3. The van der Waals surface area contributed by atoms with Crippen molar-refractivity contribution in [3.63, 3.8) is 0 Å². The second-order valence-electron chi connectivity index (χ2n) is 13.7. The van der Waals surface area contributed by atoms with Crippen LogP contribution >= 0.6 is 0 Å². The van der Waals surface area contributed by atoms with Crippen LogP contribution in [0.5, 0.6) is 5.75 Å². The fraction of sp³-hybridized carbons (Fsp3) is 0.514. The number of hydrogen-bond acceptors (Lipinski definition) is 5. The summed E-state index contributed by atoms with van der Waals surface area (Å²) in [4.78, 5) is 30.2. The first kappa shape index (κ1) is 30.2. The number of urea groups is 1. The lowest BCUT2D eigenvalue weighted by atomic mass is 9.85. The van der Waals surface area contributed by atoms with Crippen LogP contribution in [0.4, 0.5) is 16.3 Å². The van der Waals surface area contributed by atoms with Crippen LogP contribution in [-0.2, 0) is 23.1 Å². The van der Waals surface area contributed by atoms with Crippen molar-refractivity contribution < 1.29 is 14.3 Å².